The SMILES string of the molecule is CCCCc1cc(C(=O)O)cc(-c2cccnc2)c1. The van der Waals surface area contributed by atoms with Gasteiger partial charge in [-0.3, -0.25) is 4.98 Å². The van der Waals surface area contributed by atoms with Crippen molar-refractivity contribution in [2.75, 3.05) is 0 Å². The fourth-order valence-corrected chi connectivity index (χ4v) is 2.04. The van der Waals surface area contributed by atoms with E-state index in [0.29, 0.717) is 5.56 Å². The van der Waals surface area contributed by atoms with Crippen molar-refractivity contribution in [3.63, 3.8) is 0 Å². The predicted molar refractivity (Wildman–Crippen MR) is 75.2 cm³/mol. The number of aromatic carboxylic acids is 1. The average Bonchev–Trinajstić information content (AvgIpc) is 2.45. The Hall–Kier alpha value is -2.16. The van der Waals surface area contributed by atoms with Crippen LogP contribution in [0.1, 0.15) is 35.7 Å². The first kappa shape index (κ1) is 13.3. The quantitative estimate of drug-likeness (QED) is 0.884. The predicted octanol–water partition coefficient (Wildman–Crippen LogP) is 3.79. The van der Waals surface area contributed by atoms with E-state index in [1.165, 1.54) is 0 Å². The Morgan fingerprint density at radius 2 is 2.11 bits per heavy atom. The molecular weight excluding hydrogens is 238 g/mol. The number of nitrogens with zero attached hydrogens (tertiary/aromatic N) is 1. The van der Waals surface area contributed by atoms with E-state index in [4.69, 9.17) is 0 Å². The highest BCUT2D eigenvalue weighted by Crippen LogP contribution is 2.22. The van der Waals surface area contributed by atoms with Crippen LogP contribution in [0.2, 0.25) is 0 Å². The third-order valence-corrected chi connectivity index (χ3v) is 3.05. The van der Waals surface area contributed by atoms with Crippen LogP contribution in [0.3, 0.4) is 0 Å². The van der Waals surface area contributed by atoms with Gasteiger partial charge in [0.25, 0.3) is 0 Å². The fraction of sp³-hybridized carbons (Fsp3) is 0.250. The summed E-state index contributed by atoms with van der Waals surface area (Å²) in [6, 6.07) is 9.32. The summed E-state index contributed by atoms with van der Waals surface area (Å²) >= 11 is 0. The number of rotatable bonds is 5. The number of carboxylic acids is 1. The average molecular weight is 255 g/mol. The van der Waals surface area contributed by atoms with Crippen LogP contribution in [0.15, 0.2) is 42.7 Å². The molecule has 19 heavy (non-hydrogen) atoms. The second-order valence-electron chi connectivity index (χ2n) is 4.57. The summed E-state index contributed by atoms with van der Waals surface area (Å²) in [5.41, 5.74) is 3.27. The van der Waals surface area contributed by atoms with E-state index in [1.54, 1.807) is 24.5 Å². The maximum absolute atomic E-state index is 11.2. The number of hydrogen-bond acceptors (Lipinski definition) is 2. The molecule has 0 amide bonds. The van der Waals surface area contributed by atoms with Crippen molar-refractivity contribution in [2.24, 2.45) is 0 Å². The summed E-state index contributed by atoms with van der Waals surface area (Å²) in [5, 5.41) is 9.19. The van der Waals surface area contributed by atoms with Crippen LogP contribution >= 0.6 is 0 Å². The topological polar surface area (TPSA) is 50.2 Å². The summed E-state index contributed by atoms with van der Waals surface area (Å²) in [6.07, 6.45) is 6.53. The first-order valence-electron chi connectivity index (χ1n) is 6.48. The molecule has 0 saturated heterocycles. The van der Waals surface area contributed by atoms with Crippen molar-refractivity contribution in [3.8, 4) is 11.1 Å². The van der Waals surface area contributed by atoms with Gasteiger partial charge in [0, 0.05) is 18.0 Å². The number of benzene rings is 1. The zero-order chi connectivity index (χ0) is 13.7. The van der Waals surface area contributed by atoms with Crippen molar-refractivity contribution < 1.29 is 9.90 Å². The molecule has 0 saturated carbocycles. The van der Waals surface area contributed by atoms with Crippen molar-refractivity contribution in [2.45, 2.75) is 26.2 Å². The first-order chi connectivity index (χ1) is 9.20. The molecule has 98 valence electrons. The molecule has 0 radical (unpaired) electrons. The molecule has 2 aromatic rings. The highest BCUT2D eigenvalue weighted by atomic mass is 16.4. The van der Waals surface area contributed by atoms with Gasteiger partial charge in [0.05, 0.1) is 5.56 Å². The van der Waals surface area contributed by atoms with Gasteiger partial charge in [-0.05, 0) is 42.2 Å². The molecule has 3 nitrogen and oxygen atoms in total. The number of carboxylic acid groups (broad SMARTS) is 1. The molecule has 3 heteroatoms. The number of unbranched alkanes of at least 4 members (excludes halogenated alkanes) is 1. The molecule has 0 aliphatic rings. The van der Waals surface area contributed by atoms with Crippen LogP contribution in [0, 0.1) is 0 Å². The van der Waals surface area contributed by atoms with Crippen molar-refractivity contribution in [1.29, 1.82) is 0 Å². The second kappa shape index (κ2) is 6.14. The number of carbonyl (C=O) groups is 1. The normalized spacial score (nSPS) is 10.4. The highest BCUT2D eigenvalue weighted by Gasteiger charge is 2.08. The van der Waals surface area contributed by atoms with Crippen LogP contribution in [0.4, 0.5) is 0 Å². The Morgan fingerprint density at radius 3 is 2.74 bits per heavy atom. The molecule has 0 atom stereocenters. The van der Waals surface area contributed by atoms with Gasteiger partial charge < -0.3 is 5.11 Å². The van der Waals surface area contributed by atoms with E-state index in [2.05, 4.69) is 18.0 Å². The fourth-order valence-electron chi connectivity index (χ4n) is 2.04. The summed E-state index contributed by atoms with van der Waals surface area (Å²) in [6.45, 7) is 2.13. The summed E-state index contributed by atoms with van der Waals surface area (Å²) in [7, 11) is 0. The lowest BCUT2D eigenvalue weighted by atomic mass is 9.98. The minimum absolute atomic E-state index is 0.340. The standard InChI is InChI=1S/C16H17NO2/c1-2-3-5-12-8-14(10-15(9-12)16(18)19)13-6-4-7-17-11-13/h4,6-11H,2-3,5H2,1H3,(H,18,19). The number of hydrogen-bond donors (Lipinski definition) is 1. The molecule has 1 aromatic heterocycles. The van der Waals surface area contributed by atoms with Gasteiger partial charge in [0.15, 0.2) is 0 Å². The van der Waals surface area contributed by atoms with Crippen molar-refractivity contribution >= 4 is 5.97 Å². The molecule has 1 N–H and O–H groups in total. The van der Waals surface area contributed by atoms with Crippen LogP contribution in [0.5, 0.6) is 0 Å². The van der Waals surface area contributed by atoms with Crippen LogP contribution in [0.25, 0.3) is 11.1 Å². The smallest absolute Gasteiger partial charge is 0.335 e. The maximum atomic E-state index is 11.2. The molecule has 1 heterocycles. The Morgan fingerprint density at radius 1 is 1.26 bits per heavy atom. The zero-order valence-corrected chi connectivity index (χ0v) is 11.0. The second-order valence-corrected chi connectivity index (χ2v) is 4.57. The Balaban J connectivity index is 2.42. The summed E-state index contributed by atoms with van der Waals surface area (Å²) in [4.78, 5) is 15.3. The first-order valence-corrected chi connectivity index (χ1v) is 6.48. The van der Waals surface area contributed by atoms with E-state index >= 15 is 0 Å². The number of pyridine rings is 1. The van der Waals surface area contributed by atoms with Crippen LogP contribution < -0.4 is 0 Å². The van der Waals surface area contributed by atoms with Gasteiger partial charge in [-0.2, -0.15) is 0 Å². The van der Waals surface area contributed by atoms with Crippen LogP contribution in [-0.2, 0) is 6.42 Å². The van der Waals surface area contributed by atoms with Crippen molar-refractivity contribution in [1.82, 2.24) is 4.98 Å². The van der Waals surface area contributed by atoms with Gasteiger partial charge in [-0.1, -0.05) is 25.5 Å². The molecular formula is C16H17NO2. The molecule has 2 rings (SSSR count). The Kier molecular flexibility index (Phi) is 4.29. The van der Waals surface area contributed by atoms with Crippen molar-refractivity contribution in [3.05, 3.63) is 53.9 Å². The third kappa shape index (κ3) is 3.41. The monoisotopic (exact) mass is 255 g/mol. The largest absolute Gasteiger partial charge is 0.478 e. The Labute approximate surface area is 112 Å². The molecule has 0 aliphatic carbocycles. The van der Waals surface area contributed by atoms with E-state index in [9.17, 15) is 9.90 Å². The molecule has 1 aromatic carbocycles. The minimum Gasteiger partial charge on any atom is -0.478 e. The van der Waals surface area contributed by atoms with Gasteiger partial charge >= 0.3 is 5.97 Å². The number of aromatic nitrogens is 1. The third-order valence-electron chi connectivity index (χ3n) is 3.05. The van der Waals surface area contributed by atoms with E-state index in [1.807, 2.05) is 12.1 Å². The lowest BCUT2D eigenvalue weighted by molar-refractivity contribution is 0.0697. The maximum Gasteiger partial charge on any atom is 0.335 e. The van der Waals surface area contributed by atoms with Gasteiger partial charge in [0.1, 0.15) is 0 Å². The highest BCUT2D eigenvalue weighted by molar-refractivity contribution is 5.89. The molecule has 0 aliphatic heterocycles. The molecule has 0 spiro atoms. The summed E-state index contributed by atoms with van der Waals surface area (Å²) in [5.74, 6) is -0.886. The minimum atomic E-state index is -0.886. The molecule has 0 unspecified atom stereocenters. The van der Waals surface area contributed by atoms with Crippen LogP contribution in [-0.4, -0.2) is 16.1 Å². The van der Waals surface area contributed by atoms with E-state index in [-0.39, 0.29) is 0 Å². The Bertz CT molecular complexity index is 564. The number of aryl methyl sites for hydroxylation is 1. The lowest BCUT2D eigenvalue weighted by Crippen LogP contribution is -1.99. The van der Waals surface area contributed by atoms with Gasteiger partial charge in [-0.15, -0.1) is 0 Å². The molecule has 0 fully saturated rings. The zero-order valence-electron chi connectivity index (χ0n) is 11.0. The molecule has 0 bridgehead atoms. The lowest BCUT2D eigenvalue weighted by Gasteiger charge is -2.07. The van der Waals surface area contributed by atoms with E-state index < -0.39 is 5.97 Å². The van der Waals surface area contributed by atoms with E-state index in [0.717, 1.165) is 36.0 Å². The summed E-state index contributed by atoms with van der Waals surface area (Å²) < 4.78 is 0. The van der Waals surface area contributed by atoms with Gasteiger partial charge in [-0.25, -0.2) is 4.79 Å². The van der Waals surface area contributed by atoms with Gasteiger partial charge in [0.2, 0.25) is 0 Å².